The van der Waals surface area contributed by atoms with Gasteiger partial charge in [0.2, 0.25) is 5.56 Å². The molecule has 3 rings (SSSR count). The van der Waals surface area contributed by atoms with Crippen LogP contribution < -0.4 is 10.9 Å². The van der Waals surface area contributed by atoms with Gasteiger partial charge >= 0.3 is 0 Å². The van der Waals surface area contributed by atoms with E-state index in [0.29, 0.717) is 0 Å². The summed E-state index contributed by atoms with van der Waals surface area (Å²) in [5.41, 5.74) is 2.52. The zero-order chi connectivity index (χ0) is 12.4. The number of hydrogen-bond acceptors (Lipinski definition) is 2. The highest BCUT2D eigenvalue weighted by Gasteiger charge is 2.02. The lowest BCUT2D eigenvalue weighted by Gasteiger charge is -2.09. The lowest BCUT2D eigenvalue weighted by molar-refractivity contribution is 1.30. The first-order valence-corrected chi connectivity index (χ1v) is 5.77. The standard InChI is InChI=1S/C15H12N2O/c18-15-10-14(16-11-6-2-1-3-7-11)12-8-4-5-9-13(12)17-15/h1-10H,(H2,16,17,18). The quantitative estimate of drug-likeness (QED) is 0.717. The van der Waals surface area contributed by atoms with Gasteiger partial charge in [-0.3, -0.25) is 4.79 Å². The predicted molar refractivity (Wildman–Crippen MR) is 74.3 cm³/mol. The molecule has 0 aliphatic heterocycles. The average Bonchev–Trinajstić information content (AvgIpc) is 2.40. The number of fused-ring (bicyclic) bond motifs is 1. The fourth-order valence-corrected chi connectivity index (χ4v) is 1.99. The van der Waals surface area contributed by atoms with Crippen LogP contribution in [0.2, 0.25) is 0 Å². The van der Waals surface area contributed by atoms with E-state index < -0.39 is 0 Å². The smallest absolute Gasteiger partial charge is 0.250 e. The van der Waals surface area contributed by atoms with Crippen LogP contribution in [0.4, 0.5) is 11.4 Å². The van der Waals surface area contributed by atoms with Gasteiger partial charge in [-0.2, -0.15) is 0 Å². The lowest BCUT2D eigenvalue weighted by Crippen LogP contribution is -2.06. The number of aromatic nitrogens is 1. The summed E-state index contributed by atoms with van der Waals surface area (Å²) in [6.45, 7) is 0. The maximum atomic E-state index is 11.6. The SMILES string of the molecule is O=c1cc(Nc2ccccc2)c2ccccc2[nH]1. The van der Waals surface area contributed by atoms with Crippen LogP contribution in [-0.2, 0) is 0 Å². The Morgan fingerprint density at radius 2 is 1.61 bits per heavy atom. The molecule has 0 bridgehead atoms. The van der Waals surface area contributed by atoms with Crippen LogP contribution in [0.1, 0.15) is 0 Å². The molecule has 0 unspecified atom stereocenters. The molecule has 0 amide bonds. The van der Waals surface area contributed by atoms with E-state index in [1.165, 1.54) is 0 Å². The van der Waals surface area contributed by atoms with E-state index in [9.17, 15) is 4.79 Å². The molecule has 2 aromatic carbocycles. The van der Waals surface area contributed by atoms with Crippen molar-refractivity contribution in [3.05, 3.63) is 71.0 Å². The molecule has 0 aliphatic carbocycles. The minimum absolute atomic E-state index is 0.105. The van der Waals surface area contributed by atoms with Crippen molar-refractivity contribution in [2.24, 2.45) is 0 Å². The van der Waals surface area contributed by atoms with Crippen LogP contribution in [-0.4, -0.2) is 4.98 Å². The van der Waals surface area contributed by atoms with Gasteiger partial charge in [-0.05, 0) is 18.2 Å². The summed E-state index contributed by atoms with van der Waals surface area (Å²) >= 11 is 0. The summed E-state index contributed by atoms with van der Waals surface area (Å²) in [6.07, 6.45) is 0. The minimum Gasteiger partial charge on any atom is -0.355 e. The number of para-hydroxylation sites is 2. The second kappa shape index (κ2) is 4.37. The van der Waals surface area contributed by atoms with E-state index in [1.807, 2.05) is 54.6 Å². The number of H-pyrrole nitrogens is 1. The number of nitrogens with one attached hydrogen (secondary N) is 2. The first-order chi connectivity index (χ1) is 8.83. The van der Waals surface area contributed by atoms with Gasteiger partial charge < -0.3 is 10.3 Å². The molecule has 0 fully saturated rings. The molecule has 2 N–H and O–H groups in total. The maximum Gasteiger partial charge on any atom is 0.250 e. The van der Waals surface area contributed by atoms with Crippen molar-refractivity contribution >= 4 is 22.3 Å². The second-order valence-electron chi connectivity index (χ2n) is 4.08. The van der Waals surface area contributed by atoms with E-state index >= 15 is 0 Å². The number of anilines is 2. The number of hydrogen-bond donors (Lipinski definition) is 2. The van der Waals surface area contributed by atoms with Crippen LogP contribution >= 0.6 is 0 Å². The Bertz CT molecular complexity index is 732. The monoisotopic (exact) mass is 236 g/mol. The van der Waals surface area contributed by atoms with Gasteiger partial charge in [0.15, 0.2) is 0 Å². The Hall–Kier alpha value is -2.55. The van der Waals surface area contributed by atoms with Gasteiger partial charge in [0, 0.05) is 17.1 Å². The molecule has 0 saturated heterocycles. The van der Waals surface area contributed by atoms with E-state index in [4.69, 9.17) is 0 Å². The van der Waals surface area contributed by atoms with Crippen molar-refractivity contribution < 1.29 is 0 Å². The summed E-state index contributed by atoms with van der Waals surface area (Å²) in [7, 11) is 0. The second-order valence-corrected chi connectivity index (χ2v) is 4.08. The third-order valence-corrected chi connectivity index (χ3v) is 2.80. The maximum absolute atomic E-state index is 11.6. The number of benzene rings is 2. The molecule has 3 heteroatoms. The van der Waals surface area contributed by atoms with Crippen molar-refractivity contribution in [3.8, 4) is 0 Å². The highest BCUT2D eigenvalue weighted by molar-refractivity contribution is 5.92. The molecule has 0 radical (unpaired) electrons. The largest absolute Gasteiger partial charge is 0.355 e. The Balaban J connectivity index is 2.14. The van der Waals surface area contributed by atoms with E-state index in [1.54, 1.807) is 6.07 Å². The van der Waals surface area contributed by atoms with Crippen molar-refractivity contribution in [1.29, 1.82) is 0 Å². The molecule has 88 valence electrons. The van der Waals surface area contributed by atoms with Crippen LogP contribution in [0.25, 0.3) is 10.9 Å². The van der Waals surface area contributed by atoms with Crippen LogP contribution in [0.15, 0.2) is 65.5 Å². The lowest BCUT2D eigenvalue weighted by atomic mass is 10.2. The Morgan fingerprint density at radius 3 is 2.44 bits per heavy atom. The summed E-state index contributed by atoms with van der Waals surface area (Å²) in [5.74, 6) is 0. The summed E-state index contributed by atoms with van der Waals surface area (Å²) in [6, 6.07) is 19.1. The van der Waals surface area contributed by atoms with Gasteiger partial charge in [0.05, 0.1) is 11.2 Å². The van der Waals surface area contributed by atoms with Gasteiger partial charge in [0.1, 0.15) is 0 Å². The molecule has 0 atom stereocenters. The normalized spacial score (nSPS) is 10.4. The molecule has 0 saturated carbocycles. The van der Waals surface area contributed by atoms with Crippen LogP contribution in [0.5, 0.6) is 0 Å². The van der Waals surface area contributed by atoms with Crippen molar-refractivity contribution in [3.63, 3.8) is 0 Å². The van der Waals surface area contributed by atoms with Crippen molar-refractivity contribution in [2.75, 3.05) is 5.32 Å². The molecule has 1 aromatic heterocycles. The Labute approximate surface area is 104 Å². The molecule has 0 aliphatic rings. The number of rotatable bonds is 2. The predicted octanol–water partition coefficient (Wildman–Crippen LogP) is 3.27. The van der Waals surface area contributed by atoms with Gasteiger partial charge in [0.25, 0.3) is 0 Å². The summed E-state index contributed by atoms with van der Waals surface area (Å²) in [4.78, 5) is 14.4. The summed E-state index contributed by atoms with van der Waals surface area (Å²) < 4.78 is 0. The van der Waals surface area contributed by atoms with Crippen molar-refractivity contribution in [2.45, 2.75) is 0 Å². The van der Waals surface area contributed by atoms with Gasteiger partial charge in [-0.15, -0.1) is 0 Å². The zero-order valence-corrected chi connectivity index (χ0v) is 9.68. The highest BCUT2D eigenvalue weighted by atomic mass is 16.1. The highest BCUT2D eigenvalue weighted by Crippen LogP contribution is 2.23. The fourth-order valence-electron chi connectivity index (χ4n) is 1.99. The first kappa shape index (κ1) is 10.6. The topological polar surface area (TPSA) is 44.9 Å². The molecule has 0 spiro atoms. The first-order valence-electron chi connectivity index (χ1n) is 5.77. The molecular formula is C15H12N2O. The third kappa shape index (κ3) is 1.98. The summed E-state index contributed by atoms with van der Waals surface area (Å²) in [5, 5.41) is 4.27. The van der Waals surface area contributed by atoms with Gasteiger partial charge in [-0.1, -0.05) is 36.4 Å². The molecule has 3 aromatic rings. The fraction of sp³-hybridized carbons (Fsp3) is 0. The molecule has 3 nitrogen and oxygen atoms in total. The number of aromatic amines is 1. The van der Waals surface area contributed by atoms with E-state index in [-0.39, 0.29) is 5.56 Å². The average molecular weight is 236 g/mol. The molecule has 1 heterocycles. The molecule has 18 heavy (non-hydrogen) atoms. The van der Waals surface area contributed by atoms with E-state index in [0.717, 1.165) is 22.3 Å². The Morgan fingerprint density at radius 1 is 0.889 bits per heavy atom. The minimum atomic E-state index is -0.105. The Kier molecular flexibility index (Phi) is 2.57. The zero-order valence-electron chi connectivity index (χ0n) is 9.68. The van der Waals surface area contributed by atoms with Gasteiger partial charge in [-0.25, -0.2) is 0 Å². The molecular weight excluding hydrogens is 224 g/mol. The van der Waals surface area contributed by atoms with Crippen LogP contribution in [0, 0.1) is 0 Å². The van der Waals surface area contributed by atoms with Crippen LogP contribution in [0.3, 0.4) is 0 Å². The third-order valence-electron chi connectivity index (χ3n) is 2.80. The van der Waals surface area contributed by atoms with Crippen molar-refractivity contribution in [1.82, 2.24) is 4.98 Å². The number of pyridine rings is 1. The van der Waals surface area contributed by atoms with E-state index in [2.05, 4.69) is 10.3 Å².